The fourth-order valence-electron chi connectivity index (χ4n) is 2.15. The van der Waals surface area contributed by atoms with Crippen LogP contribution in [-0.4, -0.2) is 25.4 Å². The van der Waals surface area contributed by atoms with Crippen LogP contribution in [0.15, 0.2) is 12.1 Å². The van der Waals surface area contributed by atoms with Crippen molar-refractivity contribution >= 4 is 35.6 Å². The molecule has 0 spiro atoms. The van der Waals surface area contributed by atoms with E-state index in [9.17, 15) is 14.0 Å². The molecule has 1 aromatic rings. The Morgan fingerprint density at radius 2 is 2.14 bits per heavy atom. The minimum absolute atomic E-state index is 0. The Morgan fingerprint density at radius 1 is 1.43 bits per heavy atom. The van der Waals surface area contributed by atoms with Crippen LogP contribution in [0.5, 0.6) is 0 Å². The van der Waals surface area contributed by atoms with Gasteiger partial charge in [-0.15, -0.1) is 12.4 Å². The first-order valence-corrected chi connectivity index (χ1v) is 6.59. The molecule has 0 fully saturated rings. The quantitative estimate of drug-likeness (QED) is 0.795. The van der Waals surface area contributed by atoms with Gasteiger partial charge in [0.25, 0.3) is 0 Å². The van der Waals surface area contributed by atoms with Crippen LogP contribution in [0.4, 0.5) is 15.8 Å². The van der Waals surface area contributed by atoms with Crippen molar-refractivity contribution in [3.05, 3.63) is 23.5 Å². The number of hydrogen-bond acceptors (Lipinski definition) is 3. The lowest BCUT2D eigenvalue weighted by Gasteiger charge is -2.19. The first kappa shape index (κ1) is 17.4. The summed E-state index contributed by atoms with van der Waals surface area (Å²) >= 11 is 0. The van der Waals surface area contributed by atoms with Crippen LogP contribution >= 0.6 is 12.4 Å². The van der Waals surface area contributed by atoms with E-state index in [1.165, 1.54) is 12.1 Å². The number of aryl methyl sites for hydroxylation is 1. The number of fused-ring (bicyclic) bond motifs is 1. The molecule has 2 amide bonds. The largest absolute Gasteiger partial charge is 0.326 e. The molecule has 1 aliphatic heterocycles. The van der Waals surface area contributed by atoms with Gasteiger partial charge in [-0.25, -0.2) is 4.39 Å². The van der Waals surface area contributed by atoms with E-state index in [1.54, 1.807) is 14.0 Å². The lowest BCUT2D eigenvalue weighted by molar-refractivity contribution is -0.119. The van der Waals surface area contributed by atoms with Gasteiger partial charge < -0.3 is 16.0 Å². The van der Waals surface area contributed by atoms with E-state index in [0.29, 0.717) is 25.1 Å². The van der Waals surface area contributed by atoms with Crippen LogP contribution in [0.2, 0.25) is 0 Å². The first-order chi connectivity index (χ1) is 9.51. The van der Waals surface area contributed by atoms with E-state index in [2.05, 4.69) is 16.0 Å². The number of benzene rings is 1. The van der Waals surface area contributed by atoms with Gasteiger partial charge in [-0.1, -0.05) is 6.92 Å². The number of carbonyl (C=O) groups is 2. The molecule has 1 aliphatic rings. The standard InChI is InChI=1S/C14H18FN3O2.ClH/c1-8(7-16-2)14(20)18-12-6-11-9(5-10(12)15)3-4-13(19)17-11;/h5-6,8,16H,3-4,7H2,1-2H3,(H,17,19)(H,18,20);1H. The summed E-state index contributed by atoms with van der Waals surface area (Å²) in [6.45, 7) is 2.26. The van der Waals surface area contributed by atoms with Gasteiger partial charge in [-0.2, -0.15) is 0 Å². The van der Waals surface area contributed by atoms with Crippen molar-refractivity contribution < 1.29 is 14.0 Å². The second kappa shape index (κ2) is 7.38. The van der Waals surface area contributed by atoms with Crippen molar-refractivity contribution in [1.82, 2.24) is 5.32 Å². The molecule has 1 atom stereocenters. The summed E-state index contributed by atoms with van der Waals surface area (Å²) in [6, 6.07) is 2.85. The first-order valence-electron chi connectivity index (χ1n) is 6.59. The summed E-state index contributed by atoms with van der Waals surface area (Å²) in [5.74, 6) is -1.11. The maximum Gasteiger partial charge on any atom is 0.228 e. The highest BCUT2D eigenvalue weighted by molar-refractivity contribution is 5.97. The highest BCUT2D eigenvalue weighted by Gasteiger charge is 2.19. The molecule has 21 heavy (non-hydrogen) atoms. The topological polar surface area (TPSA) is 70.2 Å². The number of carbonyl (C=O) groups excluding carboxylic acids is 2. The van der Waals surface area contributed by atoms with Crippen LogP contribution in [0.1, 0.15) is 18.9 Å². The van der Waals surface area contributed by atoms with Crippen LogP contribution in [-0.2, 0) is 16.0 Å². The normalized spacial score (nSPS) is 14.5. The fraction of sp³-hybridized carbons (Fsp3) is 0.429. The lowest BCUT2D eigenvalue weighted by Crippen LogP contribution is -2.29. The SMILES string of the molecule is CNCC(C)C(=O)Nc1cc2c(cc1F)CCC(=O)N2.Cl. The van der Waals surface area contributed by atoms with Crippen LogP contribution in [0, 0.1) is 11.7 Å². The molecule has 0 radical (unpaired) electrons. The van der Waals surface area contributed by atoms with Gasteiger partial charge in [-0.3, -0.25) is 9.59 Å². The van der Waals surface area contributed by atoms with Crippen molar-refractivity contribution in [1.29, 1.82) is 0 Å². The molecule has 7 heteroatoms. The molecule has 1 unspecified atom stereocenters. The van der Waals surface area contributed by atoms with E-state index in [1.807, 2.05) is 0 Å². The smallest absolute Gasteiger partial charge is 0.228 e. The molecule has 116 valence electrons. The van der Waals surface area contributed by atoms with Crippen LogP contribution in [0.3, 0.4) is 0 Å². The molecule has 1 aromatic carbocycles. The Kier molecular flexibility index (Phi) is 6.11. The van der Waals surface area contributed by atoms with E-state index < -0.39 is 5.82 Å². The van der Waals surface area contributed by atoms with E-state index in [4.69, 9.17) is 0 Å². The third-order valence-corrected chi connectivity index (χ3v) is 3.30. The Morgan fingerprint density at radius 3 is 2.81 bits per heavy atom. The Labute approximate surface area is 129 Å². The molecular formula is C14H19ClFN3O2. The second-order valence-corrected chi connectivity index (χ2v) is 4.99. The maximum atomic E-state index is 13.9. The van der Waals surface area contributed by atoms with Gasteiger partial charge in [0.1, 0.15) is 5.82 Å². The summed E-state index contributed by atoms with van der Waals surface area (Å²) in [5, 5.41) is 8.13. The van der Waals surface area contributed by atoms with Crippen LogP contribution < -0.4 is 16.0 Å². The number of hydrogen-bond donors (Lipinski definition) is 3. The summed E-state index contributed by atoms with van der Waals surface area (Å²) in [4.78, 5) is 23.2. The van der Waals surface area contributed by atoms with Crippen molar-refractivity contribution in [3.63, 3.8) is 0 Å². The predicted molar refractivity (Wildman–Crippen MR) is 82.3 cm³/mol. The van der Waals surface area contributed by atoms with Gasteiger partial charge >= 0.3 is 0 Å². The van der Waals surface area contributed by atoms with Gasteiger partial charge in [0, 0.05) is 24.6 Å². The van der Waals surface area contributed by atoms with E-state index in [0.717, 1.165) is 5.56 Å². The highest BCUT2D eigenvalue weighted by Crippen LogP contribution is 2.28. The van der Waals surface area contributed by atoms with E-state index in [-0.39, 0.29) is 35.8 Å². The molecule has 0 bridgehead atoms. The highest BCUT2D eigenvalue weighted by atomic mass is 35.5. The number of halogens is 2. The summed E-state index contributed by atoms with van der Waals surface area (Å²) < 4.78 is 13.9. The molecule has 5 nitrogen and oxygen atoms in total. The minimum Gasteiger partial charge on any atom is -0.326 e. The van der Waals surface area contributed by atoms with E-state index >= 15 is 0 Å². The molecule has 2 rings (SSSR count). The molecule has 1 heterocycles. The van der Waals surface area contributed by atoms with Crippen LogP contribution in [0.25, 0.3) is 0 Å². The molecule has 3 N–H and O–H groups in total. The zero-order chi connectivity index (χ0) is 14.7. The van der Waals surface area contributed by atoms with Gasteiger partial charge in [0.05, 0.1) is 5.69 Å². The van der Waals surface area contributed by atoms with Crippen molar-refractivity contribution in [2.24, 2.45) is 5.92 Å². The number of amides is 2. The maximum absolute atomic E-state index is 13.9. The molecular weight excluding hydrogens is 297 g/mol. The Hall–Kier alpha value is -1.66. The third kappa shape index (κ3) is 4.15. The van der Waals surface area contributed by atoms with Gasteiger partial charge in [0.2, 0.25) is 11.8 Å². The summed E-state index contributed by atoms with van der Waals surface area (Å²) in [6.07, 6.45) is 0.875. The second-order valence-electron chi connectivity index (χ2n) is 4.99. The number of nitrogens with one attached hydrogen (secondary N) is 3. The lowest BCUT2D eigenvalue weighted by atomic mass is 10.0. The number of rotatable bonds is 4. The zero-order valence-corrected chi connectivity index (χ0v) is 12.8. The average Bonchev–Trinajstić information content (AvgIpc) is 2.40. The predicted octanol–water partition coefficient (Wildman–Crippen LogP) is 1.93. The molecule has 0 saturated heterocycles. The zero-order valence-electron chi connectivity index (χ0n) is 12.0. The molecule has 0 saturated carbocycles. The van der Waals surface area contributed by atoms with Gasteiger partial charge in [-0.05, 0) is 31.2 Å². The average molecular weight is 316 g/mol. The number of anilines is 2. The van der Waals surface area contributed by atoms with Crippen molar-refractivity contribution in [2.75, 3.05) is 24.2 Å². The Bertz CT molecular complexity index is 551. The molecule has 0 aromatic heterocycles. The fourth-order valence-corrected chi connectivity index (χ4v) is 2.15. The monoisotopic (exact) mass is 315 g/mol. The Balaban J connectivity index is 0.00000220. The molecule has 0 aliphatic carbocycles. The van der Waals surface area contributed by atoms with Crippen molar-refractivity contribution in [2.45, 2.75) is 19.8 Å². The van der Waals surface area contributed by atoms with Crippen molar-refractivity contribution in [3.8, 4) is 0 Å². The third-order valence-electron chi connectivity index (χ3n) is 3.30. The summed E-state index contributed by atoms with van der Waals surface area (Å²) in [7, 11) is 1.75. The van der Waals surface area contributed by atoms with Gasteiger partial charge in [0.15, 0.2) is 0 Å². The minimum atomic E-state index is -0.482. The summed E-state index contributed by atoms with van der Waals surface area (Å²) in [5.41, 5.74) is 1.42.